The van der Waals surface area contributed by atoms with E-state index in [9.17, 15) is 9.59 Å². The fourth-order valence-electron chi connectivity index (χ4n) is 4.66. The van der Waals surface area contributed by atoms with Gasteiger partial charge in [-0.1, -0.05) is 23.8 Å². The molecule has 1 aromatic rings. The second-order valence-corrected chi connectivity index (χ2v) is 8.49. The quantitative estimate of drug-likeness (QED) is 0.750. The van der Waals surface area contributed by atoms with Gasteiger partial charge >= 0.3 is 0 Å². The summed E-state index contributed by atoms with van der Waals surface area (Å²) in [5.41, 5.74) is 1.58. The molecule has 2 aliphatic heterocycles. The molecular weight excluding hydrogens is 366 g/mol. The number of rotatable bonds is 5. The normalized spacial score (nSPS) is 24.7. The molecule has 0 aromatic heterocycles. The third-order valence-electron chi connectivity index (χ3n) is 6.17. The summed E-state index contributed by atoms with van der Waals surface area (Å²) < 4.78 is 6.36. The number of nitrogens with one attached hydrogen (secondary N) is 2. The van der Waals surface area contributed by atoms with Gasteiger partial charge in [-0.2, -0.15) is 0 Å². The number of benzene rings is 1. The van der Waals surface area contributed by atoms with Crippen molar-refractivity contribution in [1.29, 1.82) is 0 Å². The van der Waals surface area contributed by atoms with Crippen LogP contribution in [0.3, 0.4) is 0 Å². The summed E-state index contributed by atoms with van der Waals surface area (Å²) in [5, 5.41) is 6.08. The average molecular weight is 398 g/mol. The first-order chi connectivity index (χ1) is 14.1. The first kappa shape index (κ1) is 20.0. The lowest BCUT2D eigenvalue weighted by Crippen LogP contribution is -2.58. The number of likely N-dealkylation sites (tertiary alicyclic amines) is 1. The molecule has 2 N–H and O–H groups in total. The number of hydrogen-bond donors (Lipinski definition) is 2. The van der Waals surface area contributed by atoms with E-state index < -0.39 is 5.60 Å². The van der Waals surface area contributed by atoms with E-state index in [0.29, 0.717) is 37.5 Å². The zero-order valence-electron chi connectivity index (χ0n) is 17.0. The Balaban J connectivity index is 1.31. The first-order valence-corrected chi connectivity index (χ1v) is 10.9. The van der Waals surface area contributed by atoms with E-state index in [1.54, 1.807) is 6.07 Å². The maximum atomic E-state index is 12.5. The minimum atomic E-state index is -0.478. The summed E-state index contributed by atoms with van der Waals surface area (Å²) in [6.07, 6.45) is 10.0. The van der Waals surface area contributed by atoms with Crippen LogP contribution >= 0.6 is 0 Å². The van der Waals surface area contributed by atoms with Crippen LogP contribution in [0.2, 0.25) is 0 Å². The van der Waals surface area contributed by atoms with Crippen molar-refractivity contribution >= 4 is 11.8 Å². The van der Waals surface area contributed by atoms with Crippen LogP contribution in [0.15, 0.2) is 35.9 Å². The number of allylic oxidation sites excluding steroid dienone is 1. The summed E-state index contributed by atoms with van der Waals surface area (Å²) in [4.78, 5) is 27.0. The lowest BCUT2D eigenvalue weighted by Gasteiger charge is -2.41. The number of nitrogens with zero attached hydrogens (tertiary/aromatic N) is 1. The van der Waals surface area contributed by atoms with Gasteiger partial charge in [-0.3, -0.25) is 14.5 Å². The van der Waals surface area contributed by atoms with Gasteiger partial charge in [-0.15, -0.1) is 0 Å². The Kier molecular flexibility index (Phi) is 6.19. The van der Waals surface area contributed by atoms with Crippen LogP contribution in [0.4, 0.5) is 0 Å². The Hall–Kier alpha value is -2.34. The monoisotopic (exact) mass is 397 g/mol. The highest BCUT2D eigenvalue weighted by atomic mass is 16.5. The predicted molar refractivity (Wildman–Crippen MR) is 112 cm³/mol. The van der Waals surface area contributed by atoms with E-state index in [0.717, 1.165) is 25.8 Å². The van der Waals surface area contributed by atoms with E-state index in [1.807, 2.05) is 18.2 Å². The van der Waals surface area contributed by atoms with Crippen LogP contribution in [0.1, 0.15) is 55.3 Å². The van der Waals surface area contributed by atoms with Crippen molar-refractivity contribution in [3.8, 4) is 5.75 Å². The standard InChI is InChI=1S/C23H31N3O3/c27-21(24-13-11-18-7-2-1-3-8-18)15-26-14-6-12-23(17-26)16-25-22(28)19-9-4-5-10-20(19)29-23/h4-5,7,9-10H,1-3,6,8,11-17H2,(H,24,27)(H,25,28). The smallest absolute Gasteiger partial charge is 0.255 e. The molecule has 4 rings (SSSR count). The summed E-state index contributed by atoms with van der Waals surface area (Å²) in [6, 6.07) is 7.38. The number of carbonyl (C=O) groups excluding carboxylic acids is 2. The molecule has 6 nitrogen and oxygen atoms in total. The Morgan fingerprint density at radius 2 is 2.14 bits per heavy atom. The minimum absolute atomic E-state index is 0.0662. The molecule has 3 aliphatic rings. The molecule has 2 heterocycles. The van der Waals surface area contributed by atoms with Gasteiger partial charge < -0.3 is 15.4 Å². The third-order valence-corrected chi connectivity index (χ3v) is 6.17. The van der Waals surface area contributed by atoms with Crippen molar-refractivity contribution in [2.24, 2.45) is 0 Å². The maximum Gasteiger partial charge on any atom is 0.255 e. The first-order valence-electron chi connectivity index (χ1n) is 10.9. The molecule has 29 heavy (non-hydrogen) atoms. The highest BCUT2D eigenvalue weighted by Crippen LogP contribution is 2.31. The zero-order chi connectivity index (χ0) is 20.1. The highest BCUT2D eigenvalue weighted by Gasteiger charge is 2.41. The Morgan fingerprint density at radius 3 is 3.00 bits per heavy atom. The van der Waals surface area contributed by atoms with Gasteiger partial charge in [0.25, 0.3) is 5.91 Å². The molecule has 0 radical (unpaired) electrons. The maximum absolute atomic E-state index is 12.5. The number of amides is 2. The molecular formula is C23H31N3O3. The second kappa shape index (κ2) is 8.99. The molecule has 1 atom stereocenters. The van der Waals surface area contributed by atoms with Gasteiger partial charge in [0.15, 0.2) is 0 Å². The molecule has 1 aliphatic carbocycles. The molecule has 1 unspecified atom stereocenters. The third kappa shape index (κ3) is 4.99. The molecule has 6 heteroatoms. The molecule has 1 saturated heterocycles. The SMILES string of the molecule is O=C(CN1CCCC2(CNC(=O)c3ccccc3O2)C1)NCCC1=CCCCC1. The molecule has 2 amide bonds. The van der Waals surface area contributed by atoms with Crippen LogP contribution in [-0.2, 0) is 4.79 Å². The Bertz CT molecular complexity index is 791. The molecule has 0 saturated carbocycles. The highest BCUT2D eigenvalue weighted by molar-refractivity contribution is 5.97. The van der Waals surface area contributed by atoms with Crippen molar-refractivity contribution in [2.75, 3.05) is 32.7 Å². The summed E-state index contributed by atoms with van der Waals surface area (Å²) in [6.45, 7) is 3.07. The van der Waals surface area contributed by atoms with Crippen molar-refractivity contribution < 1.29 is 14.3 Å². The second-order valence-electron chi connectivity index (χ2n) is 8.49. The topological polar surface area (TPSA) is 70.7 Å². The number of piperidine rings is 1. The molecule has 1 spiro atoms. The van der Waals surface area contributed by atoms with Crippen molar-refractivity contribution in [3.05, 3.63) is 41.5 Å². The van der Waals surface area contributed by atoms with E-state index in [1.165, 1.54) is 31.3 Å². The minimum Gasteiger partial charge on any atom is -0.483 e. The number of ether oxygens (including phenoxy) is 1. The van der Waals surface area contributed by atoms with E-state index in [2.05, 4.69) is 21.6 Å². The molecule has 1 fully saturated rings. The van der Waals surface area contributed by atoms with Crippen LogP contribution in [-0.4, -0.2) is 55.0 Å². The van der Waals surface area contributed by atoms with Gasteiger partial charge in [0, 0.05) is 13.1 Å². The Labute approximate surface area is 172 Å². The number of fused-ring (bicyclic) bond motifs is 1. The molecule has 0 bridgehead atoms. The molecule has 156 valence electrons. The van der Waals surface area contributed by atoms with E-state index >= 15 is 0 Å². The lowest BCUT2D eigenvalue weighted by molar-refractivity contribution is -0.123. The fraction of sp³-hybridized carbons (Fsp3) is 0.565. The largest absolute Gasteiger partial charge is 0.483 e. The van der Waals surface area contributed by atoms with E-state index in [4.69, 9.17) is 4.74 Å². The van der Waals surface area contributed by atoms with Crippen LogP contribution in [0.5, 0.6) is 5.75 Å². The Morgan fingerprint density at radius 1 is 1.24 bits per heavy atom. The van der Waals surface area contributed by atoms with Gasteiger partial charge in [-0.25, -0.2) is 0 Å². The van der Waals surface area contributed by atoms with Crippen LogP contribution in [0.25, 0.3) is 0 Å². The fourth-order valence-corrected chi connectivity index (χ4v) is 4.66. The van der Waals surface area contributed by atoms with Crippen LogP contribution < -0.4 is 15.4 Å². The average Bonchev–Trinajstić information content (AvgIpc) is 2.86. The summed E-state index contributed by atoms with van der Waals surface area (Å²) in [5.74, 6) is 0.607. The van der Waals surface area contributed by atoms with Gasteiger partial charge in [0.05, 0.1) is 18.7 Å². The van der Waals surface area contributed by atoms with Crippen molar-refractivity contribution in [3.63, 3.8) is 0 Å². The summed E-state index contributed by atoms with van der Waals surface area (Å²) >= 11 is 0. The molecule has 1 aromatic carbocycles. The number of hydrogen-bond acceptors (Lipinski definition) is 4. The zero-order valence-corrected chi connectivity index (χ0v) is 17.0. The van der Waals surface area contributed by atoms with Gasteiger partial charge in [0.1, 0.15) is 11.4 Å². The van der Waals surface area contributed by atoms with E-state index in [-0.39, 0.29) is 11.8 Å². The van der Waals surface area contributed by atoms with Crippen LogP contribution in [0, 0.1) is 0 Å². The van der Waals surface area contributed by atoms with Crippen molar-refractivity contribution in [2.45, 2.75) is 50.5 Å². The summed E-state index contributed by atoms with van der Waals surface area (Å²) in [7, 11) is 0. The number of carbonyl (C=O) groups is 2. The lowest BCUT2D eigenvalue weighted by atomic mass is 9.92. The number of para-hydroxylation sites is 1. The van der Waals surface area contributed by atoms with Crippen molar-refractivity contribution in [1.82, 2.24) is 15.5 Å². The van der Waals surface area contributed by atoms with Gasteiger partial charge in [-0.05, 0) is 63.6 Å². The predicted octanol–water partition coefficient (Wildman–Crippen LogP) is 2.65. The van der Waals surface area contributed by atoms with Gasteiger partial charge in [0.2, 0.25) is 5.91 Å².